The Bertz CT molecular complexity index is 884. The molecule has 3 aromatic heterocycles. The first-order valence-electron chi connectivity index (χ1n) is 8.73. The number of amides is 1. The number of carbonyl (C=O) groups excluding carboxylic acids is 1. The molecule has 8 heteroatoms. The fraction of sp³-hybridized carbons (Fsp3) is 0.444. The molecule has 26 heavy (non-hydrogen) atoms. The summed E-state index contributed by atoms with van der Waals surface area (Å²) >= 11 is 1.59. The highest BCUT2D eigenvalue weighted by molar-refractivity contribution is 7.08. The van der Waals surface area contributed by atoms with Crippen LogP contribution in [0.2, 0.25) is 0 Å². The minimum absolute atomic E-state index is 0.0454. The lowest BCUT2D eigenvalue weighted by Crippen LogP contribution is -2.39. The van der Waals surface area contributed by atoms with Crippen molar-refractivity contribution >= 4 is 17.2 Å². The molecule has 0 saturated carbocycles. The van der Waals surface area contributed by atoms with Crippen LogP contribution in [0.3, 0.4) is 0 Å². The van der Waals surface area contributed by atoms with Crippen LogP contribution >= 0.6 is 11.3 Å². The second-order valence-corrected chi connectivity index (χ2v) is 7.60. The first kappa shape index (κ1) is 17.0. The summed E-state index contributed by atoms with van der Waals surface area (Å²) in [5.74, 6) is 1.98. The van der Waals surface area contributed by atoms with Crippen molar-refractivity contribution < 1.29 is 13.7 Å². The largest absolute Gasteiger partial charge is 0.420 e. The molecule has 7 nitrogen and oxygen atoms in total. The Labute approximate surface area is 155 Å². The van der Waals surface area contributed by atoms with Gasteiger partial charge in [-0.1, -0.05) is 19.0 Å². The van der Waals surface area contributed by atoms with Gasteiger partial charge in [0, 0.05) is 36.0 Å². The molecule has 4 rings (SSSR count). The van der Waals surface area contributed by atoms with Gasteiger partial charge in [-0.2, -0.15) is 11.3 Å². The average Bonchev–Trinajstić information content (AvgIpc) is 3.42. The lowest BCUT2D eigenvalue weighted by molar-refractivity contribution is 0.0688. The van der Waals surface area contributed by atoms with Crippen molar-refractivity contribution in [2.45, 2.75) is 38.5 Å². The number of aromatic nitrogens is 3. The van der Waals surface area contributed by atoms with Crippen LogP contribution in [0.4, 0.5) is 0 Å². The zero-order valence-electron chi connectivity index (χ0n) is 14.7. The van der Waals surface area contributed by atoms with Crippen LogP contribution in [0.15, 0.2) is 31.8 Å². The lowest BCUT2D eigenvalue weighted by atomic mass is 9.97. The second-order valence-electron chi connectivity index (χ2n) is 6.82. The van der Waals surface area contributed by atoms with E-state index in [-0.39, 0.29) is 17.7 Å². The molecule has 3 aromatic rings. The normalized spacial score (nSPS) is 17.8. The maximum absolute atomic E-state index is 12.7. The van der Waals surface area contributed by atoms with E-state index in [4.69, 9.17) is 8.94 Å². The summed E-state index contributed by atoms with van der Waals surface area (Å²) in [6.07, 6.45) is 1.81. The number of likely N-dealkylation sites (tertiary alicyclic amines) is 1. The highest BCUT2D eigenvalue weighted by atomic mass is 32.1. The molecule has 0 bridgehead atoms. The Kier molecular flexibility index (Phi) is 4.58. The summed E-state index contributed by atoms with van der Waals surface area (Å²) in [5.41, 5.74) is 1.29. The Balaban J connectivity index is 1.48. The predicted molar refractivity (Wildman–Crippen MR) is 96.1 cm³/mol. The smallest absolute Gasteiger partial charge is 0.276 e. The van der Waals surface area contributed by atoms with E-state index in [0.29, 0.717) is 30.6 Å². The maximum atomic E-state index is 12.7. The first-order chi connectivity index (χ1) is 12.6. The van der Waals surface area contributed by atoms with Crippen LogP contribution in [-0.2, 0) is 0 Å². The van der Waals surface area contributed by atoms with Crippen molar-refractivity contribution in [3.8, 4) is 11.5 Å². The van der Waals surface area contributed by atoms with Gasteiger partial charge >= 0.3 is 0 Å². The fourth-order valence-corrected chi connectivity index (χ4v) is 3.72. The SMILES string of the molecule is CC(C)c1cc(C(=O)N2CCC[C@H](c3nnc(-c4ccsc4)o3)C2)no1. The molecule has 1 atom stereocenters. The molecular weight excluding hydrogens is 352 g/mol. The maximum Gasteiger partial charge on any atom is 0.276 e. The van der Waals surface area contributed by atoms with E-state index >= 15 is 0 Å². The molecule has 1 aliphatic rings. The monoisotopic (exact) mass is 372 g/mol. The minimum Gasteiger partial charge on any atom is -0.420 e. The van der Waals surface area contributed by atoms with Crippen molar-refractivity contribution in [3.05, 3.63) is 40.2 Å². The summed E-state index contributed by atoms with van der Waals surface area (Å²) in [5, 5.41) is 16.2. The van der Waals surface area contributed by atoms with E-state index in [1.54, 1.807) is 22.3 Å². The molecule has 0 aromatic carbocycles. The van der Waals surface area contributed by atoms with Crippen LogP contribution in [0.25, 0.3) is 11.5 Å². The Morgan fingerprint density at radius 1 is 1.38 bits per heavy atom. The van der Waals surface area contributed by atoms with Gasteiger partial charge in [-0.25, -0.2) is 0 Å². The molecule has 4 heterocycles. The van der Waals surface area contributed by atoms with Crippen molar-refractivity contribution in [2.24, 2.45) is 0 Å². The van der Waals surface area contributed by atoms with Crippen LogP contribution in [0.1, 0.15) is 60.7 Å². The van der Waals surface area contributed by atoms with Crippen LogP contribution < -0.4 is 0 Å². The van der Waals surface area contributed by atoms with Crippen LogP contribution in [0.5, 0.6) is 0 Å². The third kappa shape index (κ3) is 3.29. The van der Waals surface area contributed by atoms with Crippen molar-refractivity contribution in [1.29, 1.82) is 0 Å². The molecule has 0 spiro atoms. The number of piperidine rings is 1. The van der Waals surface area contributed by atoms with Gasteiger partial charge in [0.05, 0.1) is 5.92 Å². The quantitative estimate of drug-likeness (QED) is 0.690. The van der Waals surface area contributed by atoms with Gasteiger partial charge in [0.25, 0.3) is 5.91 Å². The number of thiophene rings is 1. The van der Waals surface area contributed by atoms with E-state index in [9.17, 15) is 4.79 Å². The lowest BCUT2D eigenvalue weighted by Gasteiger charge is -2.30. The zero-order chi connectivity index (χ0) is 18.1. The van der Waals surface area contributed by atoms with E-state index in [1.165, 1.54) is 0 Å². The third-order valence-electron chi connectivity index (χ3n) is 4.58. The van der Waals surface area contributed by atoms with E-state index < -0.39 is 0 Å². The minimum atomic E-state index is -0.108. The Morgan fingerprint density at radius 3 is 3.00 bits per heavy atom. The van der Waals surface area contributed by atoms with Gasteiger partial charge in [-0.15, -0.1) is 10.2 Å². The average molecular weight is 372 g/mol. The number of nitrogens with zero attached hydrogens (tertiary/aromatic N) is 4. The summed E-state index contributed by atoms with van der Waals surface area (Å²) < 4.78 is 11.1. The second kappa shape index (κ2) is 7.03. The summed E-state index contributed by atoms with van der Waals surface area (Å²) in [6.45, 7) is 5.26. The van der Waals surface area contributed by atoms with Crippen molar-refractivity contribution in [3.63, 3.8) is 0 Å². The summed E-state index contributed by atoms with van der Waals surface area (Å²) in [7, 11) is 0. The number of rotatable bonds is 4. The zero-order valence-corrected chi connectivity index (χ0v) is 15.5. The van der Waals surface area contributed by atoms with Gasteiger partial charge in [0.1, 0.15) is 5.76 Å². The van der Waals surface area contributed by atoms with E-state index in [0.717, 1.165) is 24.2 Å². The van der Waals surface area contributed by atoms with E-state index in [1.807, 2.05) is 30.7 Å². The molecule has 136 valence electrons. The van der Waals surface area contributed by atoms with Gasteiger partial charge in [-0.3, -0.25) is 4.79 Å². The molecule has 0 N–H and O–H groups in total. The molecular formula is C18H20N4O3S. The molecule has 0 aliphatic carbocycles. The molecule has 1 fully saturated rings. The fourth-order valence-electron chi connectivity index (χ4n) is 3.09. The standard InChI is InChI=1S/C18H20N4O3S/c1-11(2)15-8-14(21-25-15)18(23)22-6-3-4-12(9-22)16-19-20-17(24-16)13-5-7-26-10-13/h5,7-8,10-12H,3-4,6,9H2,1-2H3/t12-/m0/s1. The highest BCUT2D eigenvalue weighted by Crippen LogP contribution is 2.30. The molecule has 1 amide bonds. The number of carbonyl (C=O) groups is 1. The van der Waals surface area contributed by atoms with Gasteiger partial charge < -0.3 is 13.8 Å². The molecule has 0 unspecified atom stereocenters. The van der Waals surface area contributed by atoms with Gasteiger partial charge in [-0.05, 0) is 24.3 Å². The van der Waals surface area contributed by atoms with Crippen LogP contribution in [-0.4, -0.2) is 39.3 Å². The highest BCUT2D eigenvalue weighted by Gasteiger charge is 2.30. The number of hydrogen-bond acceptors (Lipinski definition) is 7. The number of hydrogen-bond donors (Lipinski definition) is 0. The third-order valence-corrected chi connectivity index (χ3v) is 5.27. The first-order valence-corrected chi connectivity index (χ1v) is 9.68. The van der Waals surface area contributed by atoms with E-state index in [2.05, 4.69) is 15.4 Å². The molecule has 1 aliphatic heterocycles. The summed E-state index contributed by atoms with van der Waals surface area (Å²) in [6, 6.07) is 3.69. The van der Waals surface area contributed by atoms with Gasteiger partial charge in [0.2, 0.25) is 11.8 Å². The molecule has 0 radical (unpaired) electrons. The Morgan fingerprint density at radius 2 is 2.27 bits per heavy atom. The van der Waals surface area contributed by atoms with Crippen molar-refractivity contribution in [2.75, 3.05) is 13.1 Å². The van der Waals surface area contributed by atoms with Crippen molar-refractivity contribution in [1.82, 2.24) is 20.3 Å². The topological polar surface area (TPSA) is 85.3 Å². The Hall–Kier alpha value is -2.48. The summed E-state index contributed by atoms with van der Waals surface area (Å²) in [4.78, 5) is 14.5. The molecule has 1 saturated heterocycles. The predicted octanol–water partition coefficient (Wildman–Crippen LogP) is 3.93. The van der Waals surface area contributed by atoms with Crippen LogP contribution in [0, 0.1) is 0 Å². The van der Waals surface area contributed by atoms with Gasteiger partial charge in [0.15, 0.2) is 5.69 Å².